The standard InChI is InChI=1S/C12H24N4S/c1-6-7-13-11-15-14-10(17-11)8-16(5)9-12(2,3)4/h6-9H2,1-5H3,(H,13,15). The molecule has 0 saturated heterocycles. The van der Waals surface area contributed by atoms with Crippen molar-refractivity contribution in [3.8, 4) is 0 Å². The molecule has 5 heteroatoms. The van der Waals surface area contributed by atoms with Crippen molar-refractivity contribution in [2.45, 2.75) is 40.7 Å². The summed E-state index contributed by atoms with van der Waals surface area (Å²) < 4.78 is 0. The highest BCUT2D eigenvalue weighted by atomic mass is 32.1. The Bertz CT molecular complexity index is 329. The second-order valence-electron chi connectivity index (χ2n) is 5.66. The predicted octanol–water partition coefficient (Wildman–Crippen LogP) is 2.84. The maximum Gasteiger partial charge on any atom is 0.205 e. The summed E-state index contributed by atoms with van der Waals surface area (Å²) in [5.41, 5.74) is 0.322. The lowest BCUT2D eigenvalue weighted by atomic mass is 9.96. The Balaban J connectivity index is 2.43. The zero-order chi connectivity index (χ0) is 12.9. The van der Waals surface area contributed by atoms with Gasteiger partial charge >= 0.3 is 0 Å². The molecule has 0 spiro atoms. The normalized spacial score (nSPS) is 12.1. The summed E-state index contributed by atoms with van der Waals surface area (Å²) in [7, 11) is 2.13. The van der Waals surface area contributed by atoms with Crippen LogP contribution < -0.4 is 5.32 Å². The van der Waals surface area contributed by atoms with Crippen molar-refractivity contribution in [2.75, 3.05) is 25.5 Å². The van der Waals surface area contributed by atoms with Crippen LogP contribution in [0.1, 0.15) is 39.1 Å². The van der Waals surface area contributed by atoms with E-state index in [0.717, 1.165) is 36.2 Å². The van der Waals surface area contributed by atoms with Gasteiger partial charge in [0.25, 0.3) is 0 Å². The first kappa shape index (κ1) is 14.4. The Morgan fingerprint density at radius 1 is 1.29 bits per heavy atom. The fraction of sp³-hybridized carbons (Fsp3) is 0.833. The Morgan fingerprint density at radius 2 is 2.00 bits per heavy atom. The highest BCUT2D eigenvalue weighted by Crippen LogP contribution is 2.19. The van der Waals surface area contributed by atoms with Crippen molar-refractivity contribution in [1.82, 2.24) is 15.1 Å². The monoisotopic (exact) mass is 256 g/mol. The molecule has 0 fully saturated rings. The SMILES string of the molecule is CCCNc1nnc(CN(C)CC(C)(C)C)s1. The van der Waals surface area contributed by atoms with Crippen LogP contribution in [0.4, 0.5) is 5.13 Å². The predicted molar refractivity (Wildman–Crippen MR) is 74.5 cm³/mol. The Hall–Kier alpha value is -0.680. The van der Waals surface area contributed by atoms with Crippen LogP contribution in [0.5, 0.6) is 0 Å². The van der Waals surface area contributed by atoms with Gasteiger partial charge in [-0.25, -0.2) is 0 Å². The molecular formula is C12H24N4S. The summed E-state index contributed by atoms with van der Waals surface area (Å²) >= 11 is 1.65. The van der Waals surface area contributed by atoms with E-state index in [2.05, 4.69) is 55.2 Å². The van der Waals surface area contributed by atoms with Gasteiger partial charge in [-0.2, -0.15) is 0 Å². The number of hydrogen-bond donors (Lipinski definition) is 1. The van der Waals surface area contributed by atoms with Crippen molar-refractivity contribution in [3.63, 3.8) is 0 Å². The zero-order valence-electron chi connectivity index (χ0n) is 11.6. The number of aromatic nitrogens is 2. The van der Waals surface area contributed by atoms with Crippen molar-refractivity contribution < 1.29 is 0 Å². The molecule has 0 aliphatic rings. The van der Waals surface area contributed by atoms with Crippen LogP contribution in [-0.2, 0) is 6.54 Å². The molecule has 0 radical (unpaired) electrons. The van der Waals surface area contributed by atoms with Crippen LogP contribution in [0.2, 0.25) is 0 Å². The van der Waals surface area contributed by atoms with E-state index in [9.17, 15) is 0 Å². The van der Waals surface area contributed by atoms with Gasteiger partial charge in [0, 0.05) is 13.1 Å². The average Bonchev–Trinajstić information content (AvgIpc) is 2.59. The van der Waals surface area contributed by atoms with Crippen molar-refractivity contribution in [2.24, 2.45) is 5.41 Å². The first-order valence-electron chi connectivity index (χ1n) is 6.15. The molecule has 1 rings (SSSR count). The summed E-state index contributed by atoms with van der Waals surface area (Å²) in [6.07, 6.45) is 1.11. The molecule has 0 aliphatic carbocycles. The topological polar surface area (TPSA) is 41.1 Å². The van der Waals surface area contributed by atoms with Crippen molar-refractivity contribution in [1.29, 1.82) is 0 Å². The van der Waals surface area contributed by atoms with Gasteiger partial charge in [0.1, 0.15) is 5.01 Å². The largest absolute Gasteiger partial charge is 0.360 e. The fourth-order valence-electron chi connectivity index (χ4n) is 1.72. The summed E-state index contributed by atoms with van der Waals surface area (Å²) in [6.45, 7) is 11.8. The van der Waals surface area contributed by atoms with Gasteiger partial charge in [0.15, 0.2) is 0 Å². The van der Waals surface area contributed by atoms with Crippen LogP contribution in [-0.4, -0.2) is 35.2 Å². The van der Waals surface area contributed by atoms with Gasteiger partial charge in [0.2, 0.25) is 5.13 Å². The minimum Gasteiger partial charge on any atom is -0.360 e. The van der Waals surface area contributed by atoms with E-state index in [0.29, 0.717) is 5.41 Å². The first-order valence-corrected chi connectivity index (χ1v) is 6.97. The molecule has 98 valence electrons. The Morgan fingerprint density at radius 3 is 2.59 bits per heavy atom. The van der Waals surface area contributed by atoms with E-state index in [4.69, 9.17) is 0 Å². The summed E-state index contributed by atoms with van der Waals surface area (Å²) in [5.74, 6) is 0. The van der Waals surface area contributed by atoms with Gasteiger partial charge in [-0.3, -0.25) is 4.90 Å². The molecule has 0 atom stereocenters. The highest BCUT2D eigenvalue weighted by Gasteiger charge is 2.15. The number of anilines is 1. The summed E-state index contributed by atoms with van der Waals surface area (Å²) in [5, 5.41) is 13.6. The van der Waals surface area contributed by atoms with Gasteiger partial charge < -0.3 is 5.32 Å². The average molecular weight is 256 g/mol. The van der Waals surface area contributed by atoms with Crippen molar-refractivity contribution >= 4 is 16.5 Å². The van der Waals surface area contributed by atoms with E-state index >= 15 is 0 Å². The van der Waals surface area contributed by atoms with E-state index in [-0.39, 0.29) is 0 Å². The molecule has 1 heterocycles. The molecule has 0 unspecified atom stereocenters. The van der Waals surface area contributed by atoms with Gasteiger partial charge in [-0.05, 0) is 18.9 Å². The smallest absolute Gasteiger partial charge is 0.205 e. The molecule has 0 saturated carbocycles. The summed E-state index contributed by atoms with van der Waals surface area (Å²) in [4.78, 5) is 2.30. The fourth-order valence-corrected chi connectivity index (χ4v) is 2.56. The number of nitrogens with zero attached hydrogens (tertiary/aromatic N) is 3. The number of rotatable bonds is 6. The maximum absolute atomic E-state index is 4.20. The zero-order valence-corrected chi connectivity index (χ0v) is 12.4. The van der Waals surface area contributed by atoms with E-state index in [1.165, 1.54) is 0 Å². The number of nitrogens with one attached hydrogen (secondary N) is 1. The molecule has 0 aliphatic heterocycles. The number of hydrogen-bond acceptors (Lipinski definition) is 5. The molecular weight excluding hydrogens is 232 g/mol. The summed E-state index contributed by atoms with van der Waals surface area (Å²) in [6, 6.07) is 0. The maximum atomic E-state index is 4.20. The third-order valence-electron chi connectivity index (χ3n) is 2.14. The van der Waals surface area contributed by atoms with Crippen LogP contribution in [0.15, 0.2) is 0 Å². The molecule has 17 heavy (non-hydrogen) atoms. The molecule has 4 nitrogen and oxygen atoms in total. The van der Waals surface area contributed by atoms with Crippen LogP contribution in [0.3, 0.4) is 0 Å². The lowest BCUT2D eigenvalue weighted by Gasteiger charge is -2.25. The van der Waals surface area contributed by atoms with Gasteiger partial charge in [0.05, 0.1) is 6.54 Å². The molecule has 1 aromatic heterocycles. The molecule has 0 amide bonds. The lowest BCUT2D eigenvalue weighted by Crippen LogP contribution is -2.28. The first-order chi connectivity index (χ1) is 7.90. The second-order valence-corrected chi connectivity index (χ2v) is 6.72. The Labute approximate surface area is 108 Å². The van der Waals surface area contributed by atoms with Crippen LogP contribution in [0, 0.1) is 5.41 Å². The second kappa shape index (κ2) is 6.31. The van der Waals surface area contributed by atoms with E-state index < -0.39 is 0 Å². The molecule has 0 bridgehead atoms. The van der Waals surface area contributed by atoms with E-state index in [1.807, 2.05) is 0 Å². The molecule has 1 N–H and O–H groups in total. The van der Waals surface area contributed by atoms with Crippen LogP contribution in [0.25, 0.3) is 0 Å². The molecule has 0 aromatic carbocycles. The lowest BCUT2D eigenvalue weighted by molar-refractivity contribution is 0.220. The quantitative estimate of drug-likeness (QED) is 0.850. The minimum atomic E-state index is 0.322. The van der Waals surface area contributed by atoms with Crippen LogP contribution >= 0.6 is 11.3 Å². The van der Waals surface area contributed by atoms with E-state index in [1.54, 1.807) is 11.3 Å². The molecule has 1 aromatic rings. The van der Waals surface area contributed by atoms with Gasteiger partial charge in [-0.1, -0.05) is 39.0 Å². The van der Waals surface area contributed by atoms with Crippen molar-refractivity contribution in [3.05, 3.63) is 5.01 Å². The van der Waals surface area contributed by atoms with Gasteiger partial charge in [-0.15, -0.1) is 10.2 Å². The highest BCUT2D eigenvalue weighted by molar-refractivity contribution is 7.15. The minimum absolute atomic E-state index is 0.322. The Kier molecular flexibility index (Phi) is 5.33. The third-order valence-corrected chi connectivity index (χ3v) is 3.01. The third kappa shape index (κ3) is 5.98.